The van der Waals surface area contributed by atoms with E-state index in [9.17, 15) is 9.59 Å². The average Bonchev–Trinajstić information content (AvgIpc) is 3.33. The highest BCUT2D eigenvalue weighted by Gasteiger charge is 2.25. The number of thiazole rings is 2. The van der Waals surface area contributed by atoms with Crippen molar-refractivity contribution in [2.75, 3.05) is 26.2 Å². The number of unbranched alkanes of at least 4 members (excludes halogenated alkanes) is 1. The smallest absolute Gasteiger partial charge is 0.265 e. The fourth-order valence-electron chi connectivity index (χ4n) is 3.54. The molecular weight excluding hydrogens is 406 g/mol. The zero-order valence-electron chi connectivity index (χ0n) is 16.8. The van der Waals surface area contributed by atoms with Crippen LogP contribution in [0.4, 0.5) is 0 Å². The van der Waals surface area contributed by atoms with Crippen LogP contribution in [0.15, 0.2) is 22.4 Å². The van der Waals surface area contributed by atoms with Crippen LogP contribution in [0, 0.1) is 6.92 Å². The van der Waals surface area contributed by atoms with Crippen LogP contribution >= 0.6 is 22.7 Å². The highest BCUT2D eigenvalue weighted by molar-refractivity contribution is 7.15. The van der Waals surface area contributed by atoms with Crippen LogP contribution < -0.4 is 5.56 Å². The molecule has 0 atom stereocenters. The lowest BCUT2D eigenvalue weighted by Crippen LogP contribution is -2.48. The van der Waals surface area contributed by atoms with Crippen LogP contribution in [-0.2, 0) is 13.0 Å². The quantitative estimate of drug-likeness (QED) is 0.600. The molecule has 1 saturated heterocycles. The van der Waals surface area contributed by atoms with Crippen molar-refractivity contribution in [1.82, 2.24) is 24.2 Å². The van der Waals surface area contributed by atoms with Gasteiger partial charge in [-0.2, -0.15) is 0 Å². The Morgan fingerprint density at radius 3 is 2.76 bits per heavy atom. The van der Waals surface area contributed by atoms with Gasteiger partial charge >= 0.3 is 0 Å². The van der Waals surface area contributed by atoms with Crippen molar-refractivity contribution in [1.29, 1.82) is 0 Å². The van der Waals surface area contributed by atoms with Gasteiger partial charge in [-0.1, -0.05) is 13.3 Å². The third-order valence-electron chi connectivity index (χ3n) is 5.18. The van der Waals surface area contributed by atoms with Gasteiger partial charge in [0.1, 0.15) is 4.88 Å². The first-order chi connectivity index (χ1) is 14.0. The molecule has 4 rings (SSSR count). The molecule has 1 aliphatic rings. The topological polar surface area (TPSA) is 70.8 Å². The van der Waals surface area contributed by atoms with Crippen molar-refractivity contribution in [3.63, 3.8) is 0 Å². The lowest BCUT2D eigenvalue weighted by Gasteiger charge is -2.34. The number of nitrogens with zero attached hydrogens (tertiary/aromatic N) is 5. The van der Waals surface area contributed by atoms with Crippen molar-refractivity contribution in [3.05, 3.63) is 49.3 Å². The lowest BCUT2D eigenvalue weighted by atomic mass is 10.2. The predicted molar refractivity (Wildman–Crippen MR) is 116 cm³/mol. The van der Waals surface area contributed by atoms with Gasteiger partial charge in [0.25, 0.3) is 11.5 Å². The number of hydrogen-bond acceptors (Lipinski definition) is 7. The maximum atomic E-state index is 13.0. The van der Waals surface area contributed by atoms with Crippen LogP contribution in [0.2, 0.25) is 0 Å². The summed E-state index contributed by atoms with van der Waals surface area (Å²) in [6.45, 7) is 7.64. The molecule has 0 aromatic carbocycles. The summed E-state index contributed by atoms with van der Waals surface area (Å²) in [5, 5.41) is 2.93. The summed E-state index contributed by atoms with van der Waals surface area (Å²) in [7, 11) is 0. The normalized spacial score (nSPS) is 15.3. The fraction of sp³-hybridized carbons (Fsp3) is 0.500. The van der Waals surface area contributed by atoms with Crippen molar-refractivity contribution in [3.8, 4) is 0 Å². The standard InChI is InChI=1S/C20H25N5O2S2/c1-3-4-5-16-21-14(2)18(29-16)19(27)24-8-6-23(7-9-24)13-15-12-17(26)25-10-11-28-20(25)22-15/h10-12H,3-9,13H2,1-2H3. The Kier molecular flexibility index (Phi) is 6.07. The zero-order valence-corrected chi connectivity index (χ0v) is 18.4. The van der Waals surface area contributed by atoms with E-state index in [-0.39, 0.29) is 11.5 Å². The molecule has 3 aromatic rings. The summed E-state index contributed by atoms with van der Waals surface area (Å²) in [6, 6.07) is 1.61. The number of fused-ring (bicyclic) bond motifs is 1. The molecule has 0 N–H and O–H groups in total. The molecule has 1 fully saturated rings. The first-order valence-electron chi connectivity index (χ1n) is 9.99. The Labute approximate surface area is 177 Å². The van der Waals surface area contributed by atoms with E-state index in [0.717, 1.165) is 58.6 Å². The Bertz CT molecular complexity index is 1060. The molecule has 0 aliphatic carbocycles. The lowest BCUT2D eigenvalue weighted by molar-refractivity contribution is 0.0631. The molecule has 0 radical (unpaired) electrons. The second-order valence-corrected chi connectivity index (χ2v) is 9.29. The van der Waals surface area contributed by atoms with Gasteiger partial charge in [-0.15, -0.1) is 22.7 Å². The van der Waals surface area contributed by atoms with E-state index in [1.165, 1.54) is 11.3 Å². The molecule has 0 unspecified atom stereocenters. The van der Waals surface area contributed by atoms with Gasteiger partial charge in [-0.05, 0) is 19.8 Å². The molecule has 0 saturated carbocycles. The molecule has 154 valence electrons. The number of aromatic nitrogens is 3. The third-order valence-corrected chi connectivity index (χ3v) is 7.14. The minimum absolute atomic E-state index is 0.0420. The van der Waals surface area contributed by atoms with E-state index in [0.29, 0.717) is 19.6 Å². The summed E-state index contributed by atoms with van der Waals surface area (Å²) in [5.41, 5.74) is 1.60. The summed E-state index contributed by atoms with van der Waals surface area (Å²) in [5.74, 6) is 0.0961. The maximum absolute atomic E-state index is 13.0. The molecule has 1 amide bonds. The van der Waals surface area contributed by atoms with Gasteiger partial charge in [-0.3, -0.25) is 18.9 Å². The molecule has 9 heteroatoms. The number of rotatable bonds is 6. The maximum Gasteiger partial charge on any atom is 0.265 e. The molecule has 3 aromatic heterocycles. The Morgan fingerprint density at radius 1 is 1.21 bits per heavy atom. The zero-order chi connectivity index (χ0) is 20.4. The Balaban J connectivity index is 1.37. The molecule has 7 nitrogen and oxygen atoms in total. The molecular formula is C20H25N5O2S2. The van der Waals surface area contributed by atoms with Gasteiger partial charge in [-0.25, -0.2) is 9.97 Å². The fourth-order valence-corrected chi connectivity index (χ4v) is 5.35. The molecule has 29 heavy (non-hydrogen) atoms. The third kappa shape index (κ3) is 4.41. The number of hydrogen-bond donors (Lipinski definition) is 0. The number of carbonyl (C=O) groups is 1. The highest BCUT2D eigenvalue weighted by atomic mass is 32.1. The van der Waals surface area contributed by atoms with Crippen molar-refractivity contribution in [2.24, 2.45) is 0 Å². The van der Waals surface area contributed by atoms with Crippen LogP contribution in [-0.4, -0.2) is 56.3 Å². The van der Waals surface area contributed by atoms with Gasteiger partial charge in [0, 0.05) is 50.4 Å². The summed E-state index contributed by atoms with van der Waals surface area (Å²) in [6.07, 6.45) is 4.93. The number of piperazine rings is 1. The van der Waals surface area contributed by atoms with Crippen LogP contribution in [0.5, 0.6) is 0 Å². The van der Waals surface area contributed by atoms with E-state index in [1.54, 1.807) is 28.0 Å². The van der Waals surface area contributed by atoms with Crippen molar-refractivity contribution < 1.29 is 4.79 Å². The highest BCUT2D eigenvalue weighted by Crippen LogP contribution is 2.22. The van der Waals surface area contributed by atoms with Gasteiger partial charge < -0.3 is 4.90 Å². The molecule has 4 heterocycles. The van der Waals surface area contributed by atoms with Gasteiger partial charge in [0.05, 0.1) is 16.4 Å². The van der Waals surface area contributed by atoms with Crippen molar-refractivity contribution >= 4 is 33.5 Å². The number of aryl methyl sites for hydroxylation is 2. The number of carbonyl (C=O) groups excluding carboxylic acids is 1. The minimum atomic E-state index is -0.0420. The van der Waals surface area contributed by atoms with Crippen LogP contribution in [0.3, 0.4) is 0 Å². The average molecular weight is 432 g/mol. The summed E-state index contributed by atoms with van der Waals surface area (Å²) < 4.78 is 1.57. The Morgan fingerprint density at radius 2 is 2.00 bits per heavy atom. The van der Waals surface area contributed by atoms with Crippen molar-refractivity contribution in [2.45, 2.75) is 39.7 Å². The second-order valence-electron chi connectivity index (χ2n) is 7.34. The molecule has 0 spiro atoms. The van der Waals surface area contributed by atoms with E-state index < -0.39 is 0 Å². The number of amides is 1. The van der Waals surface area contributed by atoms with Gasteiger partial charge in [0.2, 0.25) is 0 Å². The predicted octanol–water partition coefficient (Wildman–Crippen LogP) is 2.82. The van der Waals surface area contributed by atoms with Crippen LogP contribution in [0.1, 0.15) is 45.8 Å². The summed E-state index contributed by atoms with van der Waals surface area (Å²) >= 11 is 3.01. The largest absolute Gasteiger partial charge is 0.335 e. The molecule has 0 bridgehead atoms. The first-order valence-corrected chi connectivity index (χ1v) is 11.7. The SMILES string of the molecule is CCCCc1nc(C)c(C(=O)N2CCN(Cc3cc(=O)n4ccsc4n3)CC2)s1. The van der Waals surface area contributed by atoms with Crippen LogP contribution in [0.25, 0.3) is 4.96 Å². The summed E-state index contributed by atoms with van der Waals surface area (Å²) in [4.78, 5) is 40.0. The Hall–Kier alpha value is -2.10. The second kappa shape index (κ2) is 8.73. The van der Waals surface area contributed by atoms with E-state index in [1.807, 2.05) is 17.2 Å². The van der Waals surface area contributed by atoms with E-state index in [4.69, 9.17) is 0 Å². The van der Waals surface area contributed by atoms with E-state index >= 15 is 0 Å². The first kappa shape index (κ1) is 20.2. The minimum Gasteiger partial charge on any atom is -0.335 e. The van der Waals surface area contributed by atoms with E-state index in [2.05, 4.69) is 21.8 Å². The monoisotopic (exact) mass is 431 g/mol. The van der Waals surface area contributed by atoms with Gasteiger partial charge in [0.15, 0.2) is 4.96 Å². The molecule has 1 aliphatic heterocycles.